The molecule has 0 aliphatic carbocycles. The third-order valence-corrected chi connectivity index (χ3v) is 4.71. The summed E-state index contributed by atoms with van der Waals surface area (Å²) < 4.78 is 2.42. The van der Waals surface area contributed by atoms with E-state index in [1.54, 1.807) is 0 Å². The Labute approximate surface area is 110 Å². The number of likely N-dealkylation sites (tertiary alicyclic amines) is 1. The molecule has 0 saturated carbocycles. The monoisotopic (exact) mass is 247 g/mol. The average Bonchev–Trinajstić information content (AvgIpc) is 2.96. The van der Waals surface area contributed by atoms with Gasteiger partial charge in [0.1, 0.15) is 5.82 Å². The van der Waals surface area contributed by atoms with Gasteiger partial charge in [-0.3, -0.25) is 0 Å². The Morgan fingerprint density at radius 1 is 1.33 bits per heavy atom. The van der Waals surface area contributed by atoms with Crippen LogP contribution in [0.2, 0.25) is 0 Å². The Morgan fingerprint density at radius 3 is 3.00 bits per heavy atom. The molecule has 3 nitrogen and oxygen atoms in total. The van der Waals surface area contributed by atoms with Crippen LogP contribution in [0.25, 0.3) is 0 Å². The number of imidazole rings is 1. The molecule has 3 heterocycles. The molecule has 2 aliphatic rings. The van der Waals surface area contributed by atoms with Gasteiger partial charge in [-0.25, -0.2) is 4.98 Å². The van der Waals surface area contributed by atoms with Gasteiger partial charge in [-0.05, 0) is 45.7 Å². The lowest BCUT2D eigenvalue weighted by Gasteiger charge is -2.21. The zero-order valence-corrected chi connectivity index (χ0v) is 11.7. The zero-order valence-electron chi connectivity index (χ0n) is 11.7. The maximum absolute atomic E-state index is 4.87. The lowest BCUT2D eigenvalue weighted by atomic mass is 10.1. The minimum Gasteiger partial charge on any atom is -0.332 e. The van der Waals surface area contributed by atoms with Crippen LogP contribution in [0.5, 0.6) is 0 Å². The molecular formula is C15H25N3. The highest BCUT2D eigenvalue weighted by Crippen LogP contribution is 2.26. The van der Waals surface area contributed by atoms with Crippen molar-refractivity contribution in [2.45, 2.75) is 64.5 Å². The number of aromatic nitrogens is 2. The van der Waals surface area contributed by atoms with Gasteiger partial charge in [-0.2, -0.15) is 0 Å². The van der Waals surface area contributed by atoms with E-state index in [0.717, 1.165) is 12.5 Å². The molecule has 1 aromatic heterocycles. The fraction of sp³-hybridized carbons (Fsp3) is 0.800. The van der Waals surface area contributed by atoms with Crippen LogP contribution < -0.4 is 0 Å². The molecule has 3 heteroatoms. The first-order chi connectivity index (χ1) is 8.78. The van der Waals surface area contributed by atoms with E-state index in [1.165, 1.54) is 56.7 Å². The van der Waals surface area contributed by atoms with Gasteiger partial charge in [0.15, 0.2) is 0 Å². The number of likely N-dealkylation sites (N-methyl/N-ethyl adjacent to an activating group) is 1. The van der Waals surface area contributed by atoms with E-state index < -0.39 is 0 Å². The average molecular weight is 247 g/mol. The van der Waals surface area contributed by atoms with Gasteiger partial charge in [-0.1, -0.05) is 6.92 Å². The van der Waals surface area contributed by atoms with Crippen molar-refractivity contribution < 1.29 is 0 Å². The zero-order chi connectivity index (χ0) is 12.5. The fourth-order valence-corrected chi connectivity index (χ4v) is 3.63. The summed E-state index contributed by atoms with van der Waals surface area (Å²) in [6, 6.07) is 1.39. The van der Waals surface area contributed by atoms with Crippen molar-refractivity contribution in [2.24, 2.45) is 0 Å². The second-order valence-electron chi connectivity index (χ2n) is 5.93. The third-order valence-electron chi connectivity index (χ3n) is 4.71. The van der Waals surface area contributed by atoms with E-state index in [1.807, 2.05) is 0 Å². The van der Waals surface area contributed by atoms with E-state index in [-0.39, 0.29) is 0 Å². The molecule has 2 unspecified atom stereocenters. The van der Waals surface area contributed by atoms with Gasteiger partial charge < -0.3 is 9.47 Å². The highest BCUT2D eigenvalue weighted by molar-refractivity contribution is 5.10. The Hall–Kier alpha value is -0.830. The molecule has 0 N–H and O–H groups in total. The smallest absolute Gasteiger partial charge is 0.109 e. The SMILES string of the molecule is CCN1CCCC1Cc1cn2c(n1)CCCC2C. The van der Waals surface area contributed by atoms with Crippen molar-refractivity contribution in [3.63, 3.8) is 0 Å². The molecular weight excluding hydrogens is 222 g/mol. The van der Waals surface area contributed by atoms with Crippen molar-refractivity contribution >= 4 is 0 Å². The van der Waals surface area contributed by atoms with Crippen LogP contribution in [0.4, 0.5) is 0 Å². The number of fused-ring (bicyclic) bond motifs is 1. The molecule has 18 heavy (non-hydrogen) atoms. The summed E-state index contributed by atoms with van der Waals surface area (Å²) in [4.78, 5) is 7.48. The van der Waals surface area contributed by atoms with Gasteiger partial charge in [0.05, 0.1) is 5.69 Å². The third kappa shape index (κ3) is 2.20. The van der Waals surface area contributed by atoms with Crippen LogP contribution in [-0.4, -0.2) is 33.6 Å². The number of hydrogen-bond donors (Lipinski definition) is 0. The number of rotatable bonds is 3. The summed E-state index contributed by atoms with van der Waals surface area (Å²) in [7, 11) is 0. The van der Waals surface area contributed by atoms with Crippen molar-refractivity contribution in [2.75, 3.05) is 13.1 Å². The van der Waals surface area contributed by atoms with Crippen LogP contribution in [0.15, 0.2) is 6.20 Å². The first-order valence-electron chi connectivity index (χ1n) is 7.58. The van der Waals surface area contributed by atoms with E-state index >= 15 is 0 Å². The van der Waals surface area contributed by atoms with Gasteiger partial charge in [0, 0.05) is 31.1 Å². The molecule has 0 bridgehead atoms. The molecule has 1 aromatic rings. The van der Waals surface area contributed by atoms with Gasteiger partial charge in [0.25, 0.3) is 0 Å². The molecule has 0 amide bonds. The van der Waals surface area contributed by atoms with Crippen molar-refractivity contribution in [1.82, 2.24) is 14.5 Å². The van der Waals surface area contributed by atoms with Crippen LogP contribution >= 0.6 is 0 Å². The lowest BCUT2D eigenvalue weighted by Crippen LogP contribution is -2.30. The second kappa shape index (κ2) is 5.04. The number of nitrogens with zero attached hydrogens (tertiary/aromatic N) is 3. The molecule has 3 rings (SSSR count). The maximum atomic E-state index is 4.87. The lowest BCUT2D eigenvalue weighted by molar-refractivity contribution is 0.265. The highest BCUT2D eigenvalue weighted by atomic mass is 15.2. The molecule has 0 radical (unpaired) electrons. The van der Waals surface area contributed by atoms with E-state index in [4.69, 9.17) is 4.98 Å². The number of hydrogen-bond acceptors (Lipinski definition) is 2. The summed E-state index contributed by atoms with van der Waals surface area (Å²) in [6.07, 6.45) is 9.99. The largest absolute Gasteiger partial charge is 0.332 e. The Bertz CT molecular complexity index is 410. The first kappa shape index (κ1) is 12.2. The normalized spacial score (nSPS) is 28.6. The summed E-state index contributed by atoms with van der Waals surface area (Å²) in [6.45, 7) is 7.07. The molecule has 1 fully saturated rings. The second-order valence-corrected chi connectivity index (χ2v) is 5.93. The van der Waals surface area contributed by atoms with E-state index in [9.17, 15) is 0 Å². The minimum atomic E-state index is 0.654. The van der Waals surface area contributed by atoms with Crippen molar-refractivity contribution in [3.8, 4) is 0 Å². The molecule has 0 spiro atoms. The predicted molar refractivity (Wildman–Crippen MR) is 73.8 cm³/mol. The van der Waals surface area contributed by atoms with Crippen LogP contribution in [0.1, 0.15) is 57.1 Å². The number of aryl methyl sites for hydroxylation is 1. The predicted octanol–water partition coefficient (Wildman–Crippen LogP) is 2.81. The summed E-state index contributed by atoms with van der Waals surface area (Å²) >= 11 is 0. The van der Waals surface area contributed by atoms with E-state index in [0.29, 0.717) is 6.04 Å². The topological polar surface area (TPSA) is 21.1 Å². The summed E-state index contributed by atoms with van der Waals surface area (Å²) in [5.74, 6) is 1.32. The van der Waals surface area contributed by atoms with Crippen molar-refractivity contribution in [3.05, 3.63) is 17.7 Å². The van der Waals surface area contributed by atoms with E-state index in [2.05, 4.69) is 29.5 Å². The standard InChI is InChI=1S/C15H25N3/c1-3-17-9-5-7-14(17)10-13-11-18-12(2)6-4-8-15(18)16-13/h11-12,14H,3-10H2,1-2H3. The Kier molecular flexibility index (Phi) is 3.42. The molecule has 100 valence electrons. The maximum Gasteiger partial charge on any atom is 0.109 e. The summed E-state index contributed by atoms with van der Waals surface area (Å²) in [5.41, 5.74) is 1.32. The minimum absolute atomic E-state index is 0.654. The van der Waals surface area contributed by atoms with Crippen LogP contribution in [0, 0.1) is 0 Å². The van der Waals surface area contributed by atoms with Gasteiger partial charge >= 0.3 is 0 Å². The molecule has 2 atom stereocenters. The van der Waals surface area contributed by atoms with Gasteiger partial charge in [-0.15, -0.1) is 0 Å². The van der Waals surface area contributed by atoms with Gasteiger partial charge in [0.2, 0.25) is 0 Å². The van der Waals surface area contributed by atoms with Crippen molar-refractivity contribution in [1.29, 1.82) is 0 Å². The molecule has 0 aromatic carbocycles. The fourth-order valence-electron chi connectivity index (χ4n) is 3.63. The van der Waals surface area contributed by atoms with Crippen LogP contribution in [0.3, 0.4) is 0 Å². The molecule has 1 saturated heterocycles. The Balaban J connectivity index is 1.73. The summed E-state index contributed by atoms with van der Waals surface area (Å²) in [5, 5.41) is 0. The Morgan fingerprint density at radius 2 is 2.22 bits per heavy atom. The first-order valence-corrected chi connectivity index (χ1v) is 7.58. The van der Waals surface area contributed by atoms with Crippen LogP contribution in [-0.2, 0) is 12.8 Å². The quantitative estimate of drug-likeness (QED) is 0.819. The molecule has 2 aliphatic heterocycles. The highest BCUT2D eigenvalue weighted by Gasteiger charge is 2.25.